The number of benzene rings is 1. The van der Waals surface area contributed by atoms with Gasteiger partial charge in [0.2, 0.25) is 0 Å². The van der Waals surface area contributed by atoms with Crippen molar-refractivity contribution in [1.82, 2.24) is 14.7 Å². The molecule has 5 rings (SSSR count). The SMILES string of the molecule is C=C(/C=C(\C=C/C)c1nn(C2CCCCC2)cc1CN1CCC2(CC1)CN(c1ccc(C(=O)O)cc1)C(=O)O2)C(F)(F)F. The average Bonchev–Trinajstić information content (AvgIpc) is 3.54. The molecule has 1 amide bonds. The second-order valence-electron chi connectivity index (χ2n) is 11.7. The molecule has 2 aromatic rings. The highest BCUT2D eigenvalue weighted by Gasteiger charge is 2.47. The largest absolute Gasteiger partial charge is 0.478 e. The number of likely N-dealkylation sites (tertiary alicyclic amines) is 1. The van der Waals surface area contributed by atoms with Crippen molar-refractivity contribution < 1.29 is 32.6 Å². The first-order chi connectivity index (χ1) is 20.5. The molecular formula is C32H37F3N4O4. The zero-order chi connectivity index (χ0) is 30.8. The molecule has 8 nitrogen and oxygen atoms in total. The predicted molar refractivity (Wildman–Crippen MR) is 157 cm³/mol. The molecule has 2 saturated heterocycles. The minimum absolute atomic E-state index is 0.140. The maximum atomic E-state index is 13.4. The number of aromatic carboxylic acids is 1. The van der Waals surface area contributed by atoms with Crippen molar-refractivity contribution in [3.8, 4) is 0 Å². The Labute approximate surface area is 249 Å². The number of ether oxygens (including phenoxy) is 1. The normalized spacial score (nSPS) is 20.2. The van der Waals surface area contributed by atoms with Gasteiger partial charge in [0, 0.05) is 61.1 Å². The number of alkyl halides is 3. The molecule has 3 fully saturated rings. The summed E-state index contributed by atoms with van der Waals surface area (Å²) in [4.78, 5) is 27.7. The lowest BCUT2D eigenvalue weighted by molar-refractivity contribution is -0.0877. The van der Waals surface area contributed by atoms with Crippen LogP contribution in [0.15, 0.2) is 60.8 Å². The third kappa shape index (κ3) is 6.87. The molecule has 11 heteroatoms. The smallest absolute Gasteiger partial charge is 0.415 e. The lowest BCUT2D eigenvalue weighted by Gasteiger charge is -2.37. The van der Waals surface area contributed by atoms with Gasteiger partial charge in [-0.05, 0) is 50.1 Å². The van der Waals surface area contributed by atoms with Crippen LogP contribution in [0.1, 0.15) is 79.5 Å². The van der Waals surface area contributed by atoms with Gasteiger partial charge in [0.05, 0.1) is 23.8 Å². The van der Waals surface area contributed by atoms with Crippen LogP contribution in [0.2, 0.25) is 0 Å². The molecule has 1 aromatic carbocycles. The van der Waals surface area contributed by atoms with E-state index in [9.17, 15) is 22.8 Å². The molecule has 1 spiro atoms. The molecule has 2 aliphatic heterocycles. The van der Waals surface area contributed by atoms with Crippen LogP contribution in [-0.2, 0) is 11.3 Å². The highest BCUT2D eigenvalue weighted by Crippen LogP contribution is 2.37. The number of amides is 1. The number of halogens is 3. The summed E-state index contributed by atoms with van der Waals surface area (Å²) in [6.45, 7) is 7.14. The maximum Gasteiger partial charge on any atom is 0.415 e. The molecular weight excluding hydrogens is 561 g/mol. The summed E-state index contributed by atoms with van der Waals surface area (Å²) in [6.07, 6.45) is 7.97. The third-order valence-corrected chi connectivity index (χ3v) is 8.63. The van der Waals surface area contributed by atoms with Crippen LogP contribution in [0.4, 0.5) is 23.7 Å². The molecule has 43 heavy (non-hydrogen) atoms. The van der Waals surface area contributed by atoms with Crippen LogP contribution in [0.25, 0.3) is 5.57 Å². The number of hydrogen-bond donors (Lipinski definition) is 1. The molecule has 1 aliphatic carbocycles. The van der Waals surface area contributed by atoms with Crippen molar-refractivity contribution in [2.24, 2.45) is 0 Å². The number of rotatable bonds is 8. The number of anilines is 1. The van der Waals surface area contributed by atoms with Crippen molar-refractivity contribution in [2.75, 3.05) is 24.5 Å². The van der Waals surface area contributed by atoms with E-state index in [1.165, 1.54) is 23.5 Å². The second kappa shape index (κ2) is 12.4. The fourth-order valence-corrected chi connectivity index (χ4v) is 6.19. The number of carbonyl (C=O) groups is 2. The Bertz CT molecular complexity index is 1410. The fourth-order valence-electron chi connectivity index (χ4n) is 6.19. The Morgan fingerprint density at radius 2 is 1.84 bits per heavy atom. The van der Waals surface area contributed by atoms with E-state index >= 15 is 0 Å². The minimum atomic E-state index is -4.54. The molecule has 0 bridgehead atoms. The summed E-state index contributed by atoms with van der Waals surface area (Å²) in [7, 11) is 0. The lowest BCUT2D eigenvalue weighted by Crippen LogP contribution is -2.46. The summed E-state index contributed by atoms with van der Waals surface area (Å²) in [5.41, 5.74) is 0.885. The van der Waals surface area contributed by atoms with E-state index in [1.807, 2.05) is 10.9 Å². The minimum Gasteiger partial charge on any atom is -0.478 e. The summed E-state index contributed by atoms with van der Waals surface area (Å²) in [5.74, 6) is -1.04. The topological polar surface area (TPSA) is 87.9 Å². The summed E-state index contributed by atoms with van der Waals surface area (Å²) in [6, 6.07) is 6.35. The highest BCUT2D eigenvalue weighted by atomic mass is 19.4. The first-order valence-corrected chi connectivity index (χ1v) is 14.7. The quantitative estimate of drug-likeness (QED) is 0.325. The molecule has 0 unspecified atom stereocenters. The van der Waals surface area contributed by atoms with Gasteiger partial charge in [-0.25, -0.2) is 9.59 Å². The van der Waals surface area contributed by atoms with Gasteiger partial charge in [0.15, 0.2) is 0 Å². The van der Waals surface area contributed by atoms with E-state index in [-0.39, 0.29) is 11.6 Å². The monoisotopic (exact) mass is 598 g/mol. The maximum absolute atomic E-state index is 13.4. The van der Waals surface area contributed by atoms with Crippen LogP contribution in [0.3, 0.4) is 0 Å². The molecule has 230 valence electrons. The van der Waals surface area contributed by atoms with Crippen molar-refractivity contribution in [3.05, 3.63) is 77.7 Å². The molecule has 1 saturated carbocycles. The van der Waals surface area contributed by atoms with Crippen molar-refractivity contribution in [2.45, 2.75) is 76.2 Å². The van der Waals surface area contributed by atoms with Crippen LogP contribution in [-0.4, -0.2) is 63.3 Å². The van der Waals surface area contributed by atoms with Crippen LogP contribution in [0.5, 0.6) is 0 Å². The van der Waals surface area contributed by atoms with Crippen molar-refractivity contribution in [3.63, 3.8) is 0 Å². The second-order valence-corrected chi connectivity index (χ2v) is 11.7. The van der Waals surface area contributed by atoms with E-state index in [0.29, 0.717) is 56.0 Å². The van der Waals surface area contributed by atoms with Gasteiger partial charge in [0.1, 0.15) is 5.60 Å². The number of carboxylic acids is 1. The first kappa shape index (κ1) is 30.6. The Hall–Kier alpha value is -3.86. The van der Waals surface area contributed by atoms with Gasteiger partial charge in [-0.15, -0.1) is 0 Å². The predicted octanol–water partition coefficient (Wildman–Crippen LogP) is 7.16. The lowest BCUT2D eigenvalue weighted by atomic mass is 9.91. The Kier molecular flexibility index (Phi) is 8.82. The van der Waals surface area contributed by atoms with Crippen molar-refractivity contribution in [1.29, 1.82) is 0 Å². The van der Waals surface area contributed by atoms with Gasteiger partial charge in [-0.2, -0.15) is 18.3 Å². The van der Waals surface area contributed by atoms with E-state index < -0.39 is 29.4 Å². The Morgan fingerprint density at radius 1 is 1.16 bits per heavy atom. The van der Waals surface area contributed by atoms with Crippen molar-refractivity contribution >= 4 is 23.3 Å². The Morgan fingerprint density at radius 3 is 2.44 bits per heavy atom. The molecule has 3 heterocycles. The summed E-state index contributed by atoms with van der Waals surface area (Å²) < 4.78 is 48.1. The number of piperidine rings is 1. The van der Waals surface area contributed by atoms with Crippen LogP contribution in [0, 0.1) is 0 Å². The van der Waals surface area contributed by atoms with Gasteiger partial charge in [-0.3, -0.25) is 14.5 Å². The molecule has 1 aromatic heterocycles. The standard InChI is InChI=1S/C32H37F3N4O4/c1-3-7-24(18-22(2)32(33,34)35)28-25(20-39(36-28)27-8-5-4-6-9-27)19-37-16-14-31(15-17-37)21-38(30(42)43-31)26-12-10-23(11-13-26)29(40)41/h3,7,10-13,18,20,27H,2,4-6,8-9,14-17,19,21H2,1H3,(H,40,41)/b7-3-,24-18+. The number of aromatic nitrogens is 2. The fraction of sp³-hybridized carbons (Fsp3) is 0.469. The number of carboxylic acid groups (broad SMARTS) is 1. The van der Waals surface area contributed by atoms with E-state index in [2.05, 4.69) is 11.5 Å². The first-order valence-electron chi connectivity index (χ1n) is 14.7. The van der Waals surface area contributed by atoms with E-state index in [4.69, 9.17) is 14.9 Å². The molecule has 0 radical (unpaired) electrons. The van der Waals surface area contributed by atoms with E-state index in [0.717, 1.165) is 37.3 Å². The van der Waals surface area contributed by atoms with Gasteiger partial charge in [-0.1, -0.05) is 38.0 Å². The summed E-state index contributed by atoms with van der Waals surface area (Å²) in [5, 5.41) is 14.0. The van der Waals surface area contributed by atoms with Crippen LogP contribution >= 0.6 is 0 Å². The number of hydrogen-bond acceptors (Lipinski definition) is 5. The zero-order valence-corrected chi connectivity index (χ0v) is 24.3. The molecule has 3 aliphatic rings. The highest BCUT2D eigenvalue weighted by molar-refractivity contribution is 5.92. The van der Waals surface area contributed by atoms with Gasteiger partial charge in [0.25, 0.3) is 0 Å². The molecule has 1 N–H and O–H groups in total. The number of nitrogens with zero attached hydrogens (tertiary/aromatic N) is 4. The Balaban J connectivity index is 1.33. The number of allylic oxidation sites excluding steroid dienone is 5. The van der Waals surface area contributed by atoms with Gasteiger partial charge < -0.3 is 9.84 Å². The summed E-state index contributed by atoms with van der Waals surface area (Å²) >= 11 is 0. The van der Waals surface area contributed by atoms with Gasteiger partial charge >= 0.3 is 18.2 Å². The van der Waals surface area contributed by atoms with Crippen LogP contribution < -0.4 is 4.90 Å². The zero-order valence-electron chi connectivity index (χ0n) is 24.3. The van der Waals surface area contributed by atoms with E-state index in [1.54, 1.807) is 31.2 Å². The number of carbonyl (C=O) groups excluding carboxylic acids is 1. The third-order valence-electron chi connectivity index (χ3n) is 8.63. The average molecular weight is 599 g/mol. The molecule has 0 atom stereocenters.